The van der Waals surface area contributed by atoms with Gasteiger partial charge in [0.1, 0.15) is 11.0 Å². The van der Waals surface area contributed by atoms with E-state index in [9.17, 15) is 18.0 Å². The molecule has 0 bridgehead atoms. The highest BCUT2D eigenvalue weighted by molar-refractivity contribution is 7.92. The molecule has 0 aliphatic carbocycles. The van der Waals surface area contributed by atoms with Crippen LogP contribution < -0.4 is 0 Å². The van der Waals surface area contributed by atoms with Crippen molar-refractivity contribution in [3.8, 4) is 0 Å². The van der Waals surface area contributed by atoms with E-state index in [4.69, 9.17) is 0 Å². The second-order valence-corrected chi connectivity index (χ2v) is 7.89. The lowest BCUT2D eigenvalue weighted by molar-refractivity contribution is -0.132. The molecule has 2 fully saturated rings. The lowest BCUT2D eigenvalue weighted by Crippen LogP contribution is -2.47. The number of amides is 1. The molecule has 1 amide bonds. The summed E-state index contributed by atoms with van der Waals surface area (Å²) < 4.78 is 24.0. The van der Waals surface area contributed by atoms with Gasteiger partial charge in [-0.3, -0.25) is 9.59 Å². The van der Waals surface area contributed by atoms with Crippen molar-refractivity contribution < 1.29 is 18.0 Å². The number of sulfone groups is 1. The Hall–Kier alpha value is -0.910. The lowest BCUT2D eigenvalue weighted by Gasteiger charge is -2.30. The van der Waals surface area contributed by atoms with Crippen LogP contribution in [0, 0.1) is 0 Å². The predicted molar refractivity (Wildman–Crippen MR) is 71.5 cm³/mol. The highest BCUT2D eigenvalue weighted by Crippen LogP contribution is 2.27. The van der Waals surface area contributed by atoms with Crippen molar-refractivity contribution in [1.29, 1.82) is 0 Å². The molecule has 6 heteroatoms. The third-order valence-electron chi connectivity index (χ3n) is 4.04. The molecule has 2 aliphatic rings. The molecule has 2 heterocycles. The molecule has 0 aromatic heterocycles. The summed E-state index contributed by atoms with van der Waals surface area (Å²) in [5, 5.41) is -0.867. The van der Waals surface area contributed by atoms with E-state index in [0.717, 1.165) is 19.3 Å². The lowest BCUT2D eigenvalue weighted by atomic mass is 10.1. The van der Waals surface area contributed by atoms with Gasteiger partial charge in [0.05, 0.1) is 5.75 Å². The van der Waals surface area contributed by atoms with Crippen molar-refractivity contribution >= 4 is 21.5 Å². The average molecular weight is 287 g/mol. The van der Waals surface area contributed by atoms with Gasteiger partial charge in [-0.1, -0.05) is 6.42 Å². The minimum absolute atomic E-state index is 0.0520. The Labute approximate surface area is 114 Å². The minimum Gasteiger partial charge on any atom is -0.338 e. The van der Waals surface area contributed by atoms with Crippen molar-refractivity contribution in [1.82, 2.24) is 4.90 Å². The van der Waals surface area contributed by atoms with Crippen LogP contribution in [0.2, 0.25) is 0 Å². The first-order valence-corrected chi connectivity index (χ1v) is 8.65. The van der Waals surface area contributed by atoms with E-state index in [-0.39, 0.29) is 23.5 Å². The van der Waals surface area contributed by atoms with Crippen molar-refractivity contribution in [2.24, 2.45) is 0 Å². The number of carbonyl (C=O) groups is 2. The van der Waals surface area contributed by atoms with Crippen LogP contribution in [0.15, 0.2) is 0 Å². The molecule has 2 aliphatic heterocycles. The van der Waals surface area contributed by atoms with Gasteiger partial charge in [-0.2, -0.15) is 0 Å². The Bertz CT molecular complexity index is 471. The zero-order valence-electron chi connectivity index (χ0n) is 11.3. The molecule has 0 N–H and O–H groups in total. The number of hydrogen-bond donors (Lipinski definition) is 0. The number of nitrogens with zero attached hydrogens (tertiary/aromatic N) is 1. The number of carbonyl (C=O) groups excluding carboxylic acids is 2. The van der Waals surface area contributed by atoms with E-state index >= 15 is 0 Å². The maximum Gasteiger partial charge on any atom is 0.241 e. The largest absolute Gasteiger partial charge is 0.338 e. The summed E-state index contributed by atoms with van der Waals surface area (Å²) in [6.45, 7) is 2.10. The van der Waals surface area contributed by atoms with Gasteiger partial charge in [-0.25, -0.2) is 8.42 Å². The van der Waals surface area contributed by atoms with Gasteiger partial charge < -0.3 is 4.90 Å². The number of likely N-dealkylation sites (tertiary alicyclic amines) is 1. The van der Waals surface area contributed by atoms with Crippen LogP contribution in [0.1, 0.15) is 45.4 Å². The Morgan fingerprint density at radius 1 is 1.16 bits per heavy atom. The van der Waals surface area contributed by atoms with Crippen LogP contribution >= 0.6 is 0 Å². The van der Waals surface area contributed by atoms with Gasteiger partial charge in [0.25, 0.3) is 0 Å². The zero-order valence-corrected chi connectivity index (χ0v) is 12.1. The fraction of sp³-hybridized carbons (Fsp3) is 0.846. The van der Waals surface area contributed by atoms with Gasteiger partial charge in [0, 0.05) is 19.0 Å². The predicted octanol–water partition coefficient (Wildman–Crippen LogP) is 0.924. The number of hydrogen-bond acceptors (Lipinski definition) is 4. The molecular weight excluding hydrogens is 266 g/mol. The molecule has 2 atom stereocenters. The highest BCUT2D eigenvalue weighted by Gasteiger charge is 2.40. The summed E-state index contributed by atoms with van der Waals surface area (Å²) in [6, 6.07) is -0.0953. The summed E-state index contributed by atoms with van der Waals surface area (Å²) in [5.74, 6) is -0.103. The second-order valence-electron chi connectivity index (χ2n) is 5.59. The highest BCUT2D eigenvalue weighted by atomic mass is 32.2. The second kappa shape index (κ2) is 5.61. The van der Waals surface area contributed by atoms with Crippen LogP contribution in [-0.2, 0) is 19.4 Å². The first kappa shape index (κ1) is 14.5. The Balaban J connectivity index is 2.12. The van der Waals surface area contributed by atoms with Gasteiger partial charge in [-0.05, 0) is 32.6 Å². The van der Waals surface area contributed by atoms with E-state index < -0.39 is 15.1 Å². The Morgan fingerprint density at radius 3 is 2.53 bits per heavy atom. The number of ketones is 1. The van der Waals surface area contributed by atoms with Gasteiger partial charge >= 0.3 is 0 Å². The Morgan fingerprint density at radius 2 is 1.89 bits per heavy atom. The quantitative estimate of drug-likeness (QED) is 0.774. The van der Waals surface area contributed by atoms with Crippen LogP contribution in [0.3, 0.4) is 0 Å². The molecule has 5 nitrogen and oxygen atoms in total. The monoisotopic (exact) mass is 287 g/mol. The van der Waals surface area contributed by atoms with Gasteiger partial charge in [0.15, 0.2) is 9.84 Å². The van der Waals surface area contributed by atoms with E-state index in [1.165, 1.54) is 6.92 Å². The molecule has 0 saturated carbocycles. The molecule has 2 unspecified atom stereocenters. The van der Waals surface area contributed by atoms with Crippen LogP contribution in [0.5, 0.6) is 0 Å². The van der Waals surface area contributed by atoms with Crippen molar-refractivity contribution in [2.45, 2.75) is 56.7 Å². The summed E-state index contributed by atoms with van der Waals surface area (Å²) in [5.41, 5.74) is 0. The third kappa shape index (κ3) is 3.16. The van der Waals surface area contributed by atoms with Crippen molar-refractivity contribution in [2.75, 3.05) is 12.3 Å². The fourth-order valence-electron chi connectivity index (χ4n) is 3.09. The van der Waals surface area contributed by atoms with E-state index in [0.29, 0.717) is 25.8 Å². The molecule has 0 radical (unpaired) electrons. The van der Waals surface area contributed by atoms with Crippen LogP contribution in [0.4, 0.5) is 0 Å². The van der Waals surface area contributed by atoms with Crippen LogP contribution in [0.25, 0.3) is 0 Å². The maximum atomic E-state index is 12.4. The normalized spacial score (nSPS) is 30.3. The first-order chi connectivity index (χ1) is 8.92. The zero-order chi connectivity index (χ0) is 14.0. The maximum absolute atomic E-state index is 12.4. The molecular formula is C13H21NO4S. The smallest absolute Gasteiger partial charge is 0.241 e. The first-order valence-electron chi connectivity index (χ1n) is 6.93. The Kier molecular flexibility index (Phi) is 4.28. The average Bonchev–Trinajstić information content (AvgIpc) is 2.75. The molecule has 19 heavy (non-hydrogen) atoms. The molecule has 108 valence electrons. The van der Waals surface area contributed by atoms with E-state index in [1.807, 2.05) is 0 Å². The number of rotatable bonds is 3. The third-order valence-corrected chi connectivity index (χ3v) is 6.20. The number of Topliss-reactive ketones (excluding diaryl/α,β-unsaturated/α-hetero) is 1. The molecule has 2 saturated heterocycles. The SMILES string of the molecule is CC(=O)CC1CCCN1C(=O)C1CCCCS1(=O)=O. The molecule has 0 aromatic carbocycles. The summed E-state index contributed by atoms with van der Waals surface area (Å²) >= 11 is 0. The van der Waals surface area contributed by atoms with Gasteiger partial charge in [-0.15, -0.1) is 0 Å². The van der Waals surface area contributed by atoms with E-state index in [2.05, 4.69) is 0 Å². The van der Waals surface area contributed by atoms with Crippen molar-refractivity contribution in [3.63, 3.8) is 0 Å². The molecule has 0 spiro atoms. The summed E-state index contributed by atoms with van der Waals surface area (Å²) in [4.78, 5) is 25.3. The van der Waals surface area contributed by atoms with E-state index in [1.54, 1.807) is 4.90 Å². The fourth-order valence-corrected chi connectivity index (χ4v) is 4.95. The topological polar surface area (TPSA) is 71.5 Å². The molecule has 0 aromatic rings. The van der Waals surface area contributed by atoms with Crippen LogP contribution in [-0.4, -0.2) is 48.6 Å². The molecule has 2 rings (SSSR count). The summed E-state index contributed by atoms with van der Waals surface area (Å²) in [7, 11) is -3.29. The summed E-state index contributed by atoms with van der Waals surface area (Å²) in [6.07, 6.45) is 3.89. The van der Waals surface area contributed by atoms with Crippen molar-refractivity contribution in [3.05, 3.63) is 0 Å². The van der Waals surface area contributed by atoms with Gasteiger partial charge in [0.2, 0.25) is 5.91 Å². The minimum atomic E-state index is -3.29. The standard InChI is InChI=1S/C13H21NO4S/c1-10(15)9-11-5-4-7-14(11)13(16)12-6-2-3-8-19(12,17)18/h11-12H,2-9H2,1H3.